The number of anilines is 1. The van der Waals surface area contributed by atoms with E-state index in [9.17, 15) is 9.18 Å². The van der Waals surface area contributed by atoms with E-state index in [0.717, 1.165) is 0 Å². The Morgan fingerprint density at radius 3 is 2.56 bits per heavy atom. The molecule has 4 heteroatoms. The van der Waals surface area contributed by atoms with E-state index in [1.165, 1.54) is 6.07 Å². The van der Waals surface area contributed by atoms with E-state index in [1.54, 1.807) is 19.1 Å². The molecule has 0 radical (unpaired) electrons. The summed E-state index contributed by atoms with van der Waals surface area (Å²) in [5, 5.41) is 2.35. The SMILES string of the molecule is Cc1cc(NC(=O)C(S)C(C)C)ccc1F. The molecule has 0 saturated heterocycles. The van der Waals surface area contributed by atoms with Crippen molar-refractivity contribution in [2.24, 2.45) is 5.92 Å². The Balaban J connectivity index is 2.74. The predicted octanol–water partition coefficient (Wildman–Crippen LogP) is 3.03. The van der Waals surface area contributed by atoms with Crippen molar-refractivity contribution in [3.63, 3.8) is 0 Å². The van der Waals surface area contributed by atoms with Crippen LogP contribution in [0.5, 0.6) is 0 Å². The number of aryl methyl sites for hydroxylation is 1. The third-order valence-electron chi connectivity index (χ3n) is 2.33. The summed E-state index contributed by atoms with van der Waals surface area (Å²) in [5.74, 6) is -0.279. The largest absolute Gasteiger partial charge is 0.325 e. The molecule has 1 unspecified atom stereocenters. The molecule has 0 fully saturated rings. The zero-order valence-electron chi connectivity index (χ0n) is 9.62. The van der Waals surface area contributed by atoms with Crippen molar-refractivity contribution in [1.29, 1.82) is 0 Å². The zero-order chi connectivity index (χ0) is 12.3. The quantitative estimate of drug-likeness (QED) is 0.783. The second-order valence-electron chi connectivity index (χ2n) is 4.14. The number of carbonyl (C=O) groups is 1. The van der Waals surface area contributed by atoms with Crippen molar-refractivity contribution in [3.05, 3.63) is 29.6 Å². The molecule has 0 aliphatic heterocycles. The smallest absolute Gasteiger partial charge is 0.237 e. The molecule has 1 amide bonds. The summed E-state index contributed by atoms with van der Waals surface area (Å²) < 4.78 is 13.0. The molecular formula is C12H16FNOS. The maximum atomic E-state index is 13.0. The standard InChI is InChI=1S/C12H16FNOS/c1-7(2)11(16)12(15)14-9-4-5-10(13)8(3)6-9/h4-7,11,16H,1-3H3,(H,14,15). The average molecular weight is 241 g/mol. The predicted molar refractivity (Wildman–Crippen MR) is 67.4 cm³/mol. The Morgan fingerprint density at radius 2 is 2.06 bits per heavy atom. The summed E-state index contributed by atoms with van der Waals surface area (Å²) in [7, 11) is 0. The van der Waals surface area contributed by atoms with E-state index in [1.807, 2.05) is 13.8 Å². The van der Waals surface area contributed by atoms with Gasteiger partial charge >= 0.3 is 0 Å². The van der Waals surface area contributed by atoms with Crippen molar-refractivity contribution in [2.45, 2.75) is 26.0 Å². The first kappa shape index (κ1) is 13.0. The Morgan fingerprint density at radius 1 is 1.44 bits per heavy atom. The Kier molecular flexibility index (Phi) is 4.35. The monoisotopic (exact) mass is 241 g/mol. The minimum atomic E-state index is -0.356. The van der Waals surface area contributed by atoms with Gasteiger partial charge in [0.15, 0.2) is 0 Å². The number of hydrogen-bond acceptors (Lipinski definition) is 2. The molecule has 1 aromatic carbocycles. The molecule has 1 N–H and O–H groups in total. The fourth-order valence-electron chi connectivity index (χ4n) is 1.24. The number of halogens is 1. The summed E-state index contributed by atoms with van der Waals surface area (Å²) in [6.07, 6.45) is 0. The minimum Gasteiger partial charge on any atom is -0.325 e. The second-order valence-corrected chi connectivity index (χ2v) is 4.70. The second kappa shape index (κ2) is 5.34. The van der Waals surface area contributed by atoms with E-state index >= 15 is 0 Å². The third kappa shape index (κ3) is 3.23. The number of benzene rings is 1. The van der Waals surface area contributed by atoms with Crippen molar-refractivity contribution in [3.8, 4) is 0 Å². The van der Waals surface area contributed by atoms with Gasteiger partial charge in [0.2, 0.25) is 5.91 Å². The highest BCUT2D eigenvalue weighted by molar-refractivity contribution is 7.81. The van der Waals surface area contributed by atoms with Gasteiger partial charge in [0.25, 0.3) is 0 Å². The lowest BCUT2D eigenvalue weighted by molar-refractivity contribution is -0.116. The fraction of sp³-hybridized carbons (Fsp3) is 0.417. The van der Waals surface area contributed by atoms with Crippen molar-refractivity contribution < 1.29 is 9.18 Å². The number of thiol groups is 1. The summed E-state index contributed by atoms with van der Waals surface area (Å²) >= 11 is 4.21. The van der Waals surface area contributed by atoms with Crippen LogP contribution in [-0.4, -0.2) is 11.2 Å². The van der Waals surface area contributed by atoms with Crippen LogP contribution >= 0.6 is 12.6 Å². The first-order valence-electron chi connectivity index (χ1n) is 5.17. The maximum absolute atomic E-state index is 13.0. The topological polar surface area (TPSA) is 29.1 Å². The molecule has 0 spiro atoms. The van der Waals surface area contributed by atoms with E-state index in [-0.39, 0.29) is 22.9 Å². The Bertz CT molecular complexity index is 393. The maximum Gasteiger partial charge on any atom is 0.237 e. The minimum absolute atomic E-state index is 0.157. The van der Waals surface area contributed by atoms with Gasteiger partial charge in [-0.1, -0.05) is 13.8 Å². The van der Waals surface area contributed by atoms with Crippen molar-refractivity contribution in [2.75, 3.05) is 5.32 Å². The molecule has 0 heterocycles. The van der Waals surface area contributed by atoms with Crippen LogP contribution in [0.4, 0.5) is 10.1 Å². The van der Waals surface area contributed by atoms with Gasteiger partial charge in [-0.05, 0) is 36.6 Å². The summed E-state index contributed by atoms with van der Waals surface area (Å²) in [6.45, 7) is 5.51. The van der Waals surface area contributed by atoms with Crippen LogP contribution < -0.4 is 5.32 Å². The Labute approximate surface area is 101 Å². The normalized spacial score (nSPS) is 12.6. The molecule has 1 atom stereocenters. The van der Waals surface area contributed by atoms with Crippen LogP contribution in [0.25, 0.3) is 0 Å². The van der Waals surface area contributed by atoms with Crippen LogP contribution in [0.2, 0.25) is 0 Å². The molecule has 0 aromatic heterocycles. The molecule has 2 nitrogen and oxygen atoms in total. The van der Waals surface area contributed by atoms with Gasteiger partial charge in [-0.15, -0.1) is 0 Å². The van der Waals surface area contributed by atoms with Gasteiger partial charge in [-0.2, -0.15) is 12.6 Å². The van der Waals surface area contributed by atoms with Gasteiger partial charge in [-0.3, -0.25) is 4.79 Å². The van der Waals surface area contributed by atoms with Crippen LogP contribution in [0.15, 0.2) is 18.2 Å². The summed E-state index contributed by atoms with van der Waals surface area (Å²) in [6, 6.07) is 4.49. The number of amides is 1. The molecular weight excluding hydrogens is 225 g/mol. The van der Waals surface area contributed by atoms with Gasteiger partial charge in [0.05, 0.1) is 5.25 Å². The Hall–Kier alpha value is -1.03. The van der Waals surface area contributed by atoms with E-state index in [2.05, 4.69) is 17.9 Å². The lowest BCUT2D eigenvalue weighted by Crippen LogP contribution is -2.27. The molecule has 88 valence electrons. The molecule has 1 aromatic rings. The van der Waals surface area contributed by atoms with Crippen LogP contribution in [0, 0.1) is 18.7 Å². The molecule has 0 aliphatic carbocycles. The molecule has 0 saturated carbocycles. The molecule has 0 bridgehead atoms. The number of nitrogens with one attached hydrogen (secondary N) is 1. The molecule has 1 rings (SSSR count). The van der Waals surface area contributed by atoms with Crippen LogP contribution in [0.3, 0.4) is 0 Å². The highest BCUT2D eigenvalue weighted by Crippen LogP contribution is 2.16. The molecule has 0 aliphatic rings. The van der Waals surface area contributed by atoms with E-state index < -0.39 is 0 Å². The van der Waals surface area contributed by atoms with Gasteiger partial charge in [-0.25, -0.2) is 4.39 Å². The molecule has 16 heavy (non-hydrogen) atoms. The van der Waals surface area contributed by atoms with Crippen molar-refractivity contribution >= 4 is 24.2 Å². The van der Waals surface area contributed by atoms with E-state index in [4.69, 9.17) is 0 Å². The number of hydrogen-bond donors (Lipinski definition) is 2. The van der Waals surface area contributed by atoms with Gasteiger partial charge in [0.1, 0.15) is 5.82 Å². The first-order chi connectivity index (χ1) is 7.41. The highest BCUT2D eigenvalue weighted by Gasteiger charge is 2.17. The van der Waals surface area contributed by atoms with E-state index in [0.29, 0.717) is 11.3 Å². The van der Waals surface area contributed by atoms with Gasteiger partial charge < -0.3 is 5.32 Å². The zero-order valence-corrected chi connectivity index (χ0v) is 10.5. The average Bonchev–Trinajstić information content (AvgIpc) is 2.22. The summed E-state index contributed by atoms with van der Waals surface area (Å²) in [4.78, 5) is 11.7. The van der Waals surface area contributed by atoms with Crippen LogP contribution in [-0.2, 0) is 4.79 Å². The summed E-state index contributed by atoms with van der Waals surface area (Å²) in [5.41, 5.74) is 1.11. The van der Waals surface area contributed by atoms with Crippen molar-refractivity contribution in [1.82, 2.24) is 0 Å². The number of carbonyl (C=O) groups excluding carboxylic acids is 1. The van der Waals surface area contributed by atoms with Crippen LogP contribution in [0.1, 0.15) is 19.4 Å². The van der Waals surface area contributed by atoms with Gasteiger partial charge in [0, 0.05) is 5.69 Å². The first-order valence-corrected chi connectivity index (χ1v) is 5.68. The fourth-order valence-corrected chi connectivity index (χ4v) is 1.31. The number of rotatable bonds is 3. The highest BCUT2D eigenvalue weighted by atomic mass is 32.1. The lowest BCUT2D eigenvalue weighted by atomic mass is 10.1. The third-order valence-corrected chi connectivity index (χ3v) is 3.16. The lowest BCUT2D eigenvalue weighted by Gasteiger charge is -2.14.